The first-order chi connectivity index (χ1) is 7.16. The molecule has 1 unspecified atom stereocenters. The van der Waals surface area contributed by atoms with Crippen LogP contribution in [0, 0.1) is 0 Å². The molecule has 0 radical (unpaired) electrons. The van der Waals surface area contributed by atoms with Crippen LogP contribution in [0.1, 0.15) is 24.9 Å². The van der Waals surface area contributed by atoms with Gasteiger partial charge < -0.3 is 10.6 Å². The maximum absolute atomic E-state index is 11.8. The van der Waals surface area contributed by atoms with E-state index in [1.807, 2.05) is 37.3 Å². The van der Waals surface area contributed by atoms with Crippen molar-refractivity contribution in [1.29, 1.82) is 0 Å². The van der Waals surface area contributed by atoms with Crippen LogP contribution in [0.2, 0.25) is 0 Å². The first-order valence-electron chi connectivity index (χ1n) is 5.22. The Balaban J connectivity index is 2.69. The monoisotopic (exact) mass is 206 g/mol. The fourth-order valence-electron chi connectivity index (χ4n) is 1.49. The lowest BCUT2D eigenvalue weighted by molar-refractivity contribution is -0.131. The highest BCUT2D eigenvalue weighted by atomic mass is 16.2. The zero-order chi connectivity index (χ0) is 11.3. The maximum atomic E-state index is 11.8. The van der Waals surface area contributed by atoms with Crippen LogP contribution < -0.4 is 5.73 Å². The molecule has 82 valence electrons. The zero-order valence-corrected chi connectivity index (χ0v) is 9.31. The first-order valence-corrected chi connectivity index (χ1v) is 5.22. The van der Waals surface area contributed by atoms with E-state index in [1.165, 1.54) is 0 Å². The van der Waals surface area contributed by atoms with Crippen LogP contribution in [-0.4, -0.2) is 24.4 Å². The second-order valence-corrected chi connectivity index (χ2v) is 3.65. The van der Waals surface area contributed by atoms with Crippen molar-refractivity contribution >= 4 is 5.91 Å². The Morgan fingerprint density at radius 2 is 2.00 bits per heavy atom. The Labute approximate surface area is 90.9 Å². The van der Waals surface area contributed by atoms with Crippen molar-refractivity contribution in [3.8, 4) is 0 Å². The normalized spacial score (nSPS) is 12.2. The summed E-state index contributed by atoms with van der Waals surface area (Å²) in [6.07, 6.45) is 0.948. The van der Waals surface area contributed by atoms with E-state index in [-0.39, 0.29) is 5.91 Å². The maximum Gasteiger partial charge on any atom is 0.243 e. The molecule has 0 fully saturated rings. The van der Waals surface area contributed by atoms with Gasteiger partial charge in [0, 0.05) is 13.6 Å². The van der Waals surface area contributed by atoms with Crippen LogP contribution in [0.5, 0.6) is 0 Å². The quantitative estimate of drug-likeness (QED) is 0.812. The van der Waals surface area contributed by atoms with E-state index in [1.54, 1.807) is 11.9 Å². The molecular weight excluding hydrogens is 188 g/mol. The molecule has 0 bridgehead atoms. The lowest BCUT2D eigenvalue weighted by Crippen LogP contribution is -2.36. The van der Waals surface area contributed by atoms with E-state index in [4.69, 9.17) is 5.73 Å². The van der Waals surface area contributed by atoms with Gasteiger partial charge in [-0.2, -0.15) is 0 Å². The predicted octanol–water partition coefficient (Wildman–Crippen LogP) is 1.55. The number of rotatable bonds is 4. The van der Waals surface area contributed by atoms with E-state index < -0.39 is 6.04 Å². The summed E-state index contributed by atoms with van der Waals surface area (Å²) in [6, 6.07) is 8.91. The minimum absolute atomic E-state index is 0.0250. The van der Waals surface area contributed by atoms with Gasteiger partial charge >= 0.3 is 0 Å². The number of likely N-dealkylation sites (N-methyl/N-ethyl adjacent to an activating group) is 1. The molecule has 1 atom stereocenters. The van der Waals surface area contributed by atoms with Crippen molar-refractivity contribution in [2.75, 3.05) is 13.6 Å². The van der Waals surface area contributed by atoms with E-state index in [2.05, 4.69) is 0 Å². The summed E-state index contributed by atoms with van der Waals surface area (Å²) in [4.78, 5) is 13.5. The number of nitrogens with two attached hydrogens (primary N) is 1. The highest BCUT2D eigenvalue weighted by Gasteiger charge is 2.18. The van der Waals surface area contributed by atoms with Crippen molar-refractivity contribution in [3.05, 3.63) is 35.9 Å². The van der Waals surface area contributed by atoms with Crippen LogP contribution in [0.4, 0.5) is 0 Å². The minimum atomic E-state index is -0.539. The minimum Gasteiger partial charge on any atom is -0.344 e. The van der Waals surface area contributed by atoms with E-state index in [0.717, 1.165) is 18.5 Å². The lowest BCUT2D eigenvalue weighted by Gasteiger charge is -2.20. The number of amides is 1. The second kappa shape index (κ2) is 5.51. The average Bonchev–Trinajstić information content (AvgIpc) is 2.28. The molecule has 0 saturated carbocycles. The van der Waals surface area contributed by atoms with E-state index in [9.17, 15) is 4.79 Å². The first kappa shape index (κ1) is 11.7. The molecule has 15 heavy (non-hydrogen) atoms. The molecule has 0 aliphatic carbocycles. The van der Waals surface area contributed by atoms with Gasteiger partial charge in [-0.1, -0.05) is 37.3 Å². The van der Waals surface area contributed by atoms with Gasteiger partial charge in [-0.15, -0.1) is 0 Å². The number of carbonyl (C=O) groups excluding carboxylic acids is 1. The number of hydrogen-bond donors (Lipinski definition) is 1. The summed E-state index contributed by atoms with van der Waals surface area (Å²) in [5, 5.41) is 0. The number of carbonyl (C=O) groups is 1. The average molecular weight is 206 g/mol. The van der Waals surface area contributed by atoms with Crippen molar-refractivity contribution in [3.63, 3.8) is 0 Å². The SMILES string of the molecule is CCCN(C)C(=O)C(N)c1ccccc1. The molecule has 0 saturated heterocycles. The van der Waals surface area contributed by atoms with Crippen molar-refractivity contribution in [1.82, 2.24) is 4.90 Å². The van der Waals surface area contributed by atoms with Gasteiger partial charge in [0.05, 0.1) is 0 Å². The molecule has 1 aromatic rings. The predicted molar refractivity (Wildman–Crippen MR) is 61.3 cm³/mol. The molecular formula is C12H18N2O. The Morgan fingerprint density at radius 1 is 1.40 bits per heavy atom. The van der Waals surface area contributed by atoms with Gasteiger partial charge in [0.2, 0.25) is 5.91 Å². The Morgan fingerprint density at radius 3 is 2.53 bits per heavy atom. The summed E-state index contributed by atoms with van der Waals surface area (Å²) in [7, 11) is 1.79. The number of hydrogen-bond acceptors (Lipinski definition) is 2. The van der Waals surface area contributed by atoms with Gasteiger partial charge in [-0.05, 0) is 12.0 Å². The van der Waals surface area contributed by atoms with Crippen LogP contribution in [-0.2, 0) is 4.79 Å². The molecule has 0 aromatic heterocycles. The van der Waals surface area contributed by atoms with Gasteiger partial charge in [0.25, 0.3) is 0 Å². The Kier molecular flexibility index (Phi) is 4.31. The second-order valence-electron chi connectivity index (χ2n) is 3.65. The fraction of sp³-hybridized carbons (Fsp3) is 0.417. The van der Waals surface area contributed by atoms with Crippen molar-refractivity contribution < 1.29 is 4.79 Å². The molecule has 3 nitrogen and oxygen atoms in total. The van der Waals surface area contributed by atoms with Crippen molar-refractivity contribution in [2.45, 2.75) is 19.4 Å². The molecule has 0 aliphatic heterocycles. The van der Waals surface area contributed by atoms with Crippen molar-refractivity contribution in [2.24, 2.45) is 5.73 Å². The third-order valence-electron chi connectivity index (χ3n) is 2.36. The Hall–Kier alpha value is -1.35. The third-order valence-corrected chi connectivity index (χ3v) is 2.36. The smallest absolute Gasteiger partial charge is 0.243 e. The fourth-order valence-corrected chi connectivity index (χ4v) is 1.49. The van der Waals surface area contributed by atoms with Crippen LogP contribution >= 0.6 is 0 Å². The molecule has 3 heteroatoms. The summed E-state index contributed by atoms with van der Waals surface area (Å²) < 4.78 is 0. The summed E-state index contributed by atoms with van der Waals surface area (Å²) in [5.41, 5.74) is 6.74. The molecule has 1 rings (SSSR count). The van der Waals surface area contributed by atoms with E-state index in [0.29, 0.717) is 0 Å². The summed E-state index contributed by atoms with van der Waals surface area (Å²) >= 11 is 0. The van der Waals surface area contributed by atoms with Crippen LogP contribution in [0.15, 0.2) is 30.3 Å². The molecule has 0 heterocycles. The topological polar surface area (TPSA) is 46.3 Å². The van der Waals surface area contributed by atoms with Gasteiger partial charge in [-0.3, -0.25) is 4.79 Å². The molecule has 0 aliphatic rings. The van der Waals surface area contributed by atoms with Gasteiger partial charge in [-0.25, -0.2) is 0 Å². The number of benzene rings is 1. The number of nitrogens with zero attached hydrogens (tertiary/aromatic N) is 1. The van der Waals surface area contributed by atoms with Crippen LogP contribution in [0.3, 0.4) is 0 Å². The third kappa shape index (κ3) is 3.06. The molecule has 0 spiro atoms. The van der Waals surface area contributed by atoms with Gasteiger partial charge in [0.1, 0.15) is 6.04 Å². The van der Waals surface area contributed by atoms with Gasteiger partial charge in [0.15, 0.2) is 0 Å². The highest BCUT2D eigenvalue weighted by Crippen LogP contribution is 2.11. The molecule has 2 N–H and O–H groups in total. The molecule has 1 amide bonds. The molecule has 1 aromatic carbocycles. The summed E-state index contributed by atoms with van der Waals surface area (Å²) in [5.74, 6) is -0.0250. The zero-order valence-electron chi connectivity index (χ0n) is 9.31. The lowest BCUT2D eigenvalue weighted by atomic mass is 10.1. The van der Waals surface area contributed by atoms with E-state index >= 15 is 0 Å². The van der Waals surface area contributed by atoms with Crippen LogP contribution in [0.25, 0.3) is 0 Å². The summed E-state index contributed by atoms with van der Waals surface area (Å²) in [6.45, 7) is 2.79. The highest BCUT2D eigenvalue weighted by molar-refractivity contribution is 5.82. The standard InChI is InChI=1S/C12H18N2O/c1-3-9-14(2)12(15)11(13)10-7-5-4-6-8-10/h4-8,11H,3,9,13H2,1-2H3. The largest absolute Gasteiger partial charge is 0.344 e. The Bertz CT molecular complexity index is 311.